The number of carbonyl (C=O) groups is 2. The first-order valence-electron chi connectivity index (χ1n) is 14.0. The van der Waals surface area contributed by atoms with E-state index in [1.807, 2.05) is 12.2 Å². The number of allylic oxidation sites excluding steroid dienone is 4. The maximum Gasteiger partial charge on any atom is 0.306 e. The molecule has 0 amide bonds. The first kappa shape index (κ1) is 31.6. The van der Waals surface area contributed by atoms with Gasteiger partial charge in [-0.25, -0.2) is 0 Å². The molecule has 4 heteroatoms. The second kappa shape index (κ2) is 13.4. The molecule has 210 valence electrons. The van der Waals surface area contributed by atoms with Crippen molar-refractivity contribution in [2.24, 2.45) is 34.5 Å². The molecule has 0 saturated heterocycles. The maximum absolute atomic E-state index is 12.4. The fourth-order valence-corrected chi connectivity index (χ4v) is 6.21. The Hall–Kier alpha value is -2.62. The standard InChI is InChI=1S/C34H50O4/c1-11-33(9)17-15-27(23(3)4)19-29(33)25(7)21-37-31(35)13-14-32(36)38-22-26(8)30-20-28(24(5)6)16-18-34(30,10)12-2/h11-12,27-30H,1-3,5,7-8,13-22H2,4,6,9-10H3/t27-,28-,29+,30+,33-,34-/m1/s1. The monoisotopic (exact) mass is 522 g/mol. The number of esters is 2. The smallest absolute Gasteiger partial charge is 0.306 e. The van der Waals surface area contributed by atoms with E-state index in [0.717, 1.165) is 49.7 Å². The van der Waals surface area contributed by atoms with Crippen LogP contribution in [0.1, 0.15) is 79.1 Å². The van der Waals surface area contributed by atoms with Crippen LogP contribution >= 0.6 is 0 Å². The summed E-state index contributed by atoms with van der Waals surface area (Å²) < 4.78 is 11.0. The van der Waals surface area contributed by atoms with Crippen LogP contribution in [-0.2, 0) is 19.1 Å². The van der Waals surface area contributed by atoms with Crippen molar-refractivity contribution in [3.63, 3.8) is 0 Å². The number of ether oxygens (including phenoxy) is 2. The molecule has 0 aromatic carbocycles. The molecule has 0 bridgehead atoms. The van der Waals surface area contributed by atoms with Crippen molar-refractivity contribution in [3.05, 3.63) is 73.9 Å². The van der Waals surface area contributed by atoms with Crippen molar-refractivity contribution in [1.82, 2.24) is 0 Å². The van der Waals surface area contributed by atoms with Gasteiger partial charge in [0.25, 0.3) is 0 Å². The van der Waals surface area contributed by atoms with Crippen LogP contribution in [0.25, 0.3) is 0 Å². The lowest BCUT2D eigenvalue weighted by atomic mass is 9.61. The summed E-state index contributed by atoms with van der Waals surface area (Å²) in [4.78, 5) is 24.8. The first-order chi connectivity index (χ1) is 17.8. The Labute approximate surface area is 231 Å². The van der Waals surface area contributed by atoms with Gasteiger partial charge in [0.2, 0.25) is 0 Å². The Morgan fingerprint density at radius 1 is 0.737 bits per heavy atom. The van der Waals surface area contributed by atoms with Crippen LogP contribution in [-0.4, -0.2) is 25.2 Å². The Balaban J connectivity index is 1.81. The molecule has 2 rings (SSSR count). The Kier molecular flexibility index (Phi) is 11.2. The van der Waals surface area contributed by atoms with E-state index in [-0.39, 0.29) is 48.7 Å². The molecule has 0 spiro atoms. The predicted octanol–water partition coefficient (Wildman–Crippen LogP) is 8.33. The minimum absolute atomic E-state index is 0.0259. The zero-order chi connectivity index (χ0) is 28.7. The highest BCUT2D eigenvalue weighted by Crippen LogP contribution is 2.50. The molecule has 0 heterocycles. The predicted molar refractivity (Wildman–Crippen MR) is 157 cm³/mol. The summed E-state index contributed by atoms with van der Waals surface area (Å²) in [5.74, 6) is 0.370. The minimum atomic E-state index is -0.426. The molecule has 0 aromatic heterocycles. The Morgan fingerprint density at radius 2 is 1.08 bits per heavy atom. The molecule has 2 aliphatic carbocycles. The van der Waals surface area contributed by atoms with E-state index in [1.165, 1.54) is 11.1 Å². The van der Waals surface area contributed by atoms with E-state index in [1.54, 1.807) is 0 Å². The summed E-state index contributed by atoms with van der Waals surface area (Å²) in [7, 11) is 0. The second-order valence-electron chi connectivity index (χ2n) is 12.3. The first-order valence-corrected chi connectivity index (χ1v) is 14.0. The normalized spacial score (nSPS) is 30.9. The van der Waals surface area contributed by atoms with E-state index >= 15 is 0 Å². The van der Waals surface area contributed by atoms with Gasteiger partial charge in [-0.1, -0.05) is 63.5 Å². The van der Waals surface area contributed by atoms with Crippen LogP contribution in [0.15, 0.2) is 73.9 Å². The Bertz CT molecular complexity index is 893. The SMILES string of the molecule is C=C[C@]1(C)CC[C@@H](C(=C)C)C[C@H]1C(=C)COC(=O)CCC(=O)OCC(=C)[C@@H]1C[C@H](C(=C)C)CC[C@@]1(C)C=C. The lowest BCUT2D eigenvalue weighted by Gasteiger charge is -2.44. The molecule has 2 fully saturated rings. The summed E-state index contributed by atoms with van der Waals surface area (Å²) in [6, 6.07) is 0. The summed E-state index contributed by atoms with van der Waals surface area (Å²) in [5, 5.41) is 0. The quantitative estimate of drug-likeness (QED) is 0.180. The van der Waals surface area contributed by atoms with Gasteiger partial charge >= 0.3 is 11.9 Å². The zero-order valence-corrected chi connectivity index (χ0v) is 24.4. The third kappa shape index (κ3) is 7.94. The van der Waals surface area contributed by atoms with E-state index in [2.05, 4.69) is 67.2 Å². The molecule has 0 unspecified atom stereocenters. The molecule has 0 aliphatic heterocycles. The van der Waals surface area contributed by atoms with Crippen molar-refractivity contribution in [2.45, 2.75) is 79.1 Å². The molecule has 0 radical (unpaired) electrons. The average Bonchev–Trinajstić information content (AvgIpc) is 2.89. The molecular formula is C34H50O4. The van der Waals surface area contributed by atoms with Crippen molar-refractivity contribution in [2.75, 3.05) is 13.2 Å². The molecule has 6 atom stereocenters. The maximum atomic E-state index is 12.4. The summed E-state index contributed by atoms with van der Waals surface area (Å²) >= 11 is 0. The molecule has 38 heavy (non-hydrogen) atoms. The van der Waals surface area contributed by atoms with Crippen LogP contribution in [0.3, 0.4) is 0 Å². The van der Waals surface area contributed by atoms with Gasteiger partial charge in [-0.2, -0.15) is 0 Å². The van der Waals surface area contributed by atoms with Crippen LogP contribution in [0.5, 0.6) is 0 Å². The van der Waals surface area contributed by atoms with Crippen LogP contribution in [0, 0.1) is 34.5 Å². The van der Waals surface area contributed by atoms with Crippen LogP contribution in [0.2, 0.25) is 0 Å². The lowest BCUT2D eigenvalue weighted by molar-refractivity contribution is -0.149. The largest absolute Gasteiger partial charge is 0.461 e. The molecule has 0 N–H and O–H groups in total. The average molecular weight is 523 g/mol. The fourth-order valence-electron chi connectivity index (χ4n) is 6.21. The third-order valence-electron chi connectivity index (χ3n) is 9.38. The van der Waals surface area contributed by atoms with Gasteiger partial charge in [-0.3, -0.25) is 9.59 Å². The minimum Gasteiger partial charge on any atom is -0.461 e. The summed E-state index contributed by atoms with van der Waals surface area (Å²) in [6.45, 7) is 33.7. The topological polar surface area (TPSA) is 52.6 Å². The Morgan fingerprint density at radius 3 is 1.37 bits per heavy atom. The lowest BCUT2D eigenvalue weighted by Crippen LogP contribution is -2.35. The van der Waals surface area contributed by atoms with Gasteiger partial charge in [0, 0.05) is 0 Å². The number of carbonyl (C=O) groups excluding carboxylic acids is 2. The third-order valence-corrected chi connectivity index (χ3v) is 9.38. The van der Waals surface area contributed by atoms with Crippen LogP contribution < -0.4 is 0 Å². The van der Waals surface area contributed by atoms with Gasteiger partial charge in [0.1, 0.15) is 13.2 Å². The van der Waals surface area contributed by atoms with Crippen molar-refractivity contribution in [3.8, 4) is 0 Å². The fraction of sp³-hybridized carbons (Fsp3) is 0.588. The molecule has 0 aromatic rings. The second-order valence-corrected chi connectivity index (χ2v) is 12.3. The van der Waals surface area contributed by atoms with Gasteiger partial charge in [-0.15, -0.1) is 13.2 Å². The van der Waals surface area contributed by atoms with Gasteiger partial charge in [-0.05, 0) is 98.0 Å². The van der Waals surface area contributed by atoms with Crippen molar-refractivity contribution in [1.29, 1.82) is 0 Å². The van der Waals surface area contributed by atoms with E-state index < -0.39 is 11.9 Å². The summed E-state index contributed by atoms with van der Waals surface area (Å²) in [6.07, 6.45) is 10.00. The van der Waals surface area contributed by atoms with Crippen LogP contribution in [0.4, 0.5) is 0 Å². The van der Waals surface area contributed by atoms with Gasteiger partial charge in [0.05, 0.1) is 12.8 Å². The molecular weight excluding hydrogens is 472 g/mol. The van der Waals surface area contributed by atoms with Crippen molar-refractivity contribution >= 4 is 11.9 Å². The van der Waals surface area contributed by atoms with E-state index in [0.29, 0.717) is 11.8 Å². The zero-order valence-electron chi connectivity index (χ0n) is 24.4. The molecule has 2 aliphatic rings. The van der Waals surface area contributed by atoms with E-state index in [9.17, 15) is 9.59 Å². The number of hydrogen-bond donors (Lipinski definition) is 0. The highest BCUT2D eigenvalue weighted by molar-refractivity contribution is 5.77. The number of hydrogen-bond acceptors (Lipinski definition) is 4. The number of rotatable bonds is 13. The molecule has 2 saturated carbocycles. The van der Waals surface area contributed by atoms with Gasteiger partial charge in [0.15, 0.2) is 0 Å². The van der Waals surface area contributed by atoms with Crippen molar-refractivity contribution < 1.29 is 19.1 Å². The molecule has 4 nitrogen and oxygen atoms in total. The highest BCUT2D eigenvalue weighted by Gasteiger charge is 2.40. The summed E-state index contributed by atoms with van der Waals surface area (Å²) in [5.41, 5.74) is 3.98. The van der Waals surface area contributed by atoms with Gasteiger partial charge < -0.3 is 9.47 Å². The highest BCUT2D eigenvalue weighted by atomic mass is 16.5. The van der Waals surface area contributed by atoms with E-state index in [4.69, 9.17) is 9.47 Å².